The second-order valence-electron chi connectivity index (χ2n) is 3.28. The van der Waals surface area contributed by atoms with Gasteiger partial charge in [-0.3, -0.25) is 4.79 Å². The molecule has 0 bridgehead atoms. The average Bonchev–Trinajstić information content (AvgIpc) is 2.87. The number of carbonyl (C=O) groups excluding carboxylic acids is 1. The molecule has 0 aliphatic heterocycles. The Morgan fingerprint density at radius 2 is 2.17 bits per heavy atom. The van der Waals surface area contributed by atoms with Crippen molar-refractivity contribution in [3.63, 3.8) is 0 Å². The van der Waals surface area contributed by atoms with E-state index in [9.17, 15) is 4.79 Å². The first-order chi connectivity index (χ1) is 5.81. The van der Waals surface area contributed by atoms with Crippen molar-refractivity contribution in [3.05, 3.63) is 29.3 Å². The third-order valence-corrected chi connectivity index (χ3v) is 2.25. The quantitative estimate of drug-likeness (QED) is 0.464. The topological polar surface area (TPSA) is 17.1 Å². The molecule has 1 aromatic carbocycles. The molecule has 2 heteroatoms. The first-order valence-electron chi connectivity index (χ1n) is 4.16. The maximum Gasteiger partial charge on any atom is 0.150 e. The monoisotopic (exact) mass is 156 g/mol. The zero-order valence-corrected chi connectivity index (χ0v) is 6.79. The molecule has 0 aromatic heterocycles. The van der Waals surface area contributed by atoms with Crippen molar-refractivity contribution >= 4 is 19.6 Å². The fraction of sp³-hybridized carbons (Fsp3) is 0.300. The summed E-state index contributed by atoms with van der Waals surface area (Å²) < 4.78 is 0. The number of benzene rings is 1. The second kappa shape index (κ2) is 2.78. The SMILES string of the molecule is [B]c1ccc(C2CC2)c(C=O)c1. The number of carbonyl (C=O) groups is 1. The van der Waals surface area contributed by atoms with E-state index in [1.807, 2.05) is 12.1 Å². The van der Waals surface area contributed by atoms with Crippen LogP contribution in [0, 0.1) is 0 Å². The molecular weight excluding hydrogens is 147 g/mol. The molecule has 1 aliphatic rings. The molecule has 2 radical (unpaired) electrons. The van der Waals surface area contributed by atoms with E-state index in [2.05, 4.69) is 0 Å². The zero-order valence-electron chi connectivity index (χ0n) is 6.79. The molecule has 2 rings (SSSR count). The molecule has 0 unspecified atom stereocenters. The largest absolute Gasteiger partial charge is 0.298 e. The number of hydrogen-bond donors (Lipinski definition) is 0. The van der Waals surface area contributed by atoms with Crippen LogP contribution >= 0.6 is 0 Å². The lowest BCUT2D eigenvalue weighted by molar-refractivity contribution is 0.112. The highest BCUT2D eigenvalue weighted by Gasteiger charge is 2.25. The first-order valence-corrected chi connectivity index (χ1v) is 4.16. The van der Waals surface area contributed by atoms with Crippen molar-refractivity contribution in [1.82, 2.24) is 0 Å². The molecule has 0 heterocycles. The minimum Gasteiger partial charge on any atom is -0.298 e. The van der Waals surface area contributed by atoms with Crippen LogP contribution in [-0.2, 0) is 0 Å². The highest BCUT2D eigenvalue weighted by atomic mass is 16.1. The van der Waals surface area contributed by atoms with Gasteiger partial charge in [0.15, 0.2) is 0 Å². The predicted molar refractivity (Wildman–Crippen MR) is 49.2 cm³/mol. The molecular formula is C10H9BO. The van der Waals surface area contributed by atoms with Crippen LogP contribution in [0.1, 0.15) is 34.7 Å². The fourth-order valence-corrected chi connectivity index (χ4v) is 1.46. The molecule has 0 N–H and O–H groups in total. The Morgan fingerprint density at radius 1 is 1.42 bits per heavy atom. The summed E-state index contributed by atoms with van der Waals surface area (Å²) >= 11 is 0. The Morgan fingerprint density at radius 3 is 2.75 bits per heavy atom. The van der Waals surface area contributed by atoms with E-state index in [-0.39, 0.29) is 0 Å². The van der Waals surface area contributed by atoms with Crippen LogP contribution in [-0.4, -0.2) is 14.1 Å². The van der Waals surface area contributed by atoms with Gasteiger partial charge in [-0.1, -0.05) is 23.7 Å². The van der Waals surface area contributed by atoms with Crippen molar-refractivity contribution in [3.8, 4) is 0 Å². The van der Waals surface area contributed by atoms with E-state index in [1.165, 1.54) is 18.4 Å². The van der Waals surface area contributed by atoms with E-state index in [0.29, 0.717) is 11.4 Å². The first kappa shape index (κ1) is 7.60. The molecule has 0 spiro atoms. The normalized spacial score (nSPS) is 16.0. The molecule has 0 saturated heterocycles. The average molecular weight is 156 g/mol. The lowest BCUT2D eigenvalue weighted by atomic mass is 9.91. The van der Waals surface area contributed by atoms with Gasteiger partial charge in [0.2, 0.25) is 0 Å². The number of hydrogen-bond acceptors (Lipinski definition) is 1. The van der Waals surface area contributed by atoms with E-state index < -0.39 is 0 Å². The van der Waals surface area contributed by atoms with Crippen molar-refractivity contribution < 1.29 is 4.79 Å². The predicted octanol–water partition coefficient (Wildman–Crippen LogP) is 1.17. The van der Waals surface area contributed by atoms with E-state index in [0.717, 1.165) is 11.8 Å². The highest BCUT2D eigenvalue weighted by molar-refractivity contribution is 6.32. The second-order valence-corrected chi connectivity index (χ2v) is 3.28. The van der Waals surface area contributed by atoms with Crippen molar-refractivity contribution in [2.75, 3.05) is 0 Å². The van der Waals surface area contributed by atoms with Gasteiger partial charge in [-0.15, -0.1) is 0 Å². The molecule has 1 nitrogen and oxygen atoms in total. The molecule has 58 valence electrons. The third-order valence-electron chi connectivity index (χ3n) is 2.25. The molecule has 0 amide bonds. The maximum atomic E-state index is 10.7. The lowest BCUT2D eigenvalue weighted by Crippen LogP contribution is -2.04. The molecule has 12 heavy (non-hydrogen) atoms. The van der Waals surface area contributed by atoms with Crippen LogP contribution in [0.3, 0.4) is 0 Å². The van der Waals surface area contributed by atoms with E-state index in [1.54, 1.807) is 6.07 Å². The van der Waals surface area contributed by atoms with Crippen LogP contribution in [0.5, 0.6) is 0 Å². The third kappa shape index (κ3) is 1.29. The van der Waals surface area contributed by atoms with Crippen LogP contribution in [0.25, 0.3) is 0 Å². The summed E-state index contributed by atoms with van der Waals surface area (Å²) in [5, 5.41) is 0. The summed E-state index contributed by atoms with van der Waals surface area (Å²) in [6, 6.07) is 5.58. The summed E-state index contributed by atoms with van der Waals surface area (Å²) in [6.45, 7) is 0. The smallest absolute Gasteiger partial charge is 0.150 e. The molecule has 1 fully saturated rings. The summed E-state index contributed by atoms with van der Waals surface area (Å²) in [4.78, 5) is 10.7. The zero-order chi connectivity index (χ0) is 8.55. The Kier molecular flexibility index (Phi) is 1.76. The standard InChI is InChI=1S/C10H9BO/c11-9-3-4-10(7-1-2-7)8(5-9)6-12/h3-7H,1-2H2. The minimum absolute atomic E-state index is 0.616. The van der Waals surface area contributed by atoms with Gasteiger partial charge in [0.25, 0.3) is 0 Å². The summed E-state index contributed by atoms with van der Waals surface area (Å²) in [5.74, 6) is 0.616. The van der Waals surface area contributed by atoms with Crippen LogP contribution in [0.15, 0.2) is 18.2 Å². The van der Waals surface area contributed by atoms with Crippen molar-refractivity contribution in [1.29, 1.82) is 0 Å². The van der Waals surface area contributed by atoms with E-state index >= 15 is 0 Å². The molecule has 1 aliphatic carbocycles. The highest BCUT2D eigenvalue weighted by Crippen LogP contribution is 2.40. The van der Waals surface area contributed by atoms with Gasteiger partial charge >= 0.3 is 0 Å². The molecule has 0 atom stereocenters. The van der Waals surface area contributed by atoms with Crippen molar-refractivity contribution in [2.24, 2.45) is 0 Å². The molecule has 1 aromatic rings. The molecule has 1 saturated carbocycles. The number of aldehydes is 1. The summed E-state index contributed by atoms with van der Waals surface area (Å²) in [6.07, 6.45) is 3.32. The Balaban J connectivity index is 2.44. The van der Waals surface area contributed by atoms with Gasteiger partial charge in [0.1, 0.15) is 14.1 Å². The summed E-state index contributed by atoms with van der Waals surface area (Å²) in [5.41, 5.74) is 2.60. The van der Waals surface area contributed by atoms with Gasteiger partial charge < -0.3 is 0 Å². The van der Waals surface area contributed by atoms with Crippen LogP contribution < -0.4 is 5.46 Å². The lowest BCUT2D eigenvalue weighted by Gasteiger charge is -2.03. The van der Waals surface area contributed by atoms with E-state index in [4.69, 9.17) is 7.85 Å². The number of rotatable bonds is 2. The van der Waals surface area contributed by atoms with Gasteiger partial charge in [0, 0.05) is 5.56 Å². The summed E-state index contributed by atoms with van der Waals surface area (Å²) in [7, 11) is 5.56. The minimum atomic E-state index is 0.616. The Bertz CT molecular complexity index is 316. The maximum absolute atomic E-state index is 10.7. The van der Waals surface area contributed by atoms with Crippen LogP contribution in [0.4, 0.5) is 0 Å². The Hall–Kier alpha value is -1.05. The van der Waals surface area contributed by atoms with Gasteiger partial charge in [-0.25, -0.2) is 0 Å². The van der Waals surface area contributed by atoms with Gasteiger partial charge in [-0.05, 0) is 24.3 Å². The Labute approximate surface area is 73.2 Å². The van der Waals surface area contributed by atoms with Crippen LogP contribution in [0.2, 0.25) is 0 Å². The van der Waals surface area contributed by atoms with Gasteiger partial charge in [0.05, 0.1) is 0 Å². The van der Waals surface area contributed by atoms with Crippen molar-refractivity contribution in [2.45, 2.75) is 18.8 Å². The fourth-order valence-electron chi connectivity index (χ4n) is 1.46. The van der Waals surface area contributed by atoms with Gasteiger partial charge in [-0.2, -0.15) is 0 Å².